The van der Waals surface area contributed by atoms with E-state index in [2.05, 4.69) is 6.92 Å². The molecule has 0 saturated heterocycles. The summed E-state index contributed by atoms with van der Waals surface area (Å²) >= 11 is 0. The summed E-state index contributed by atoms with van der Waals surface area (Å²) in [4.78, 5) is 11.5. The Morgan fingerprint density at radius 3 is 2.30 bits per heavy atom. The zero-order chi connectivity index (χ0) is 15.2. The lowest BCUT2D eigenvalue weighted by molar-refractivity contribution is -0.0886. The molecule has 0 saturated carbocycles. The summed E-state index contributed by atoms with van der Waals surface area (Å²) < 4.78 is 38.0. The third-order valence-electron chi connectivity index (χ3n) is 3.45. The zero-order valence-electron chi connectivity index (χ0n) is 12.0. The van der Waals surface area contributed by atoms with E-state index in [1.54, 1.807) is 12.1 Å². The lowest BCUT2D eigenvalue weighted by Gasteiger charge is -2.20. The van der Waals surface area contributed by atoms with Gasteiger partial charge in [-0.2, -0.15) is 13.2 Å². The second kappa shape index (κ2) is 7.46. The maximum Gasteiger partial charge on any atom is 0.454 e. The number of halogens is 3. The van der Waals surface area contributed by atoms with E-state index in [0.717, 1.165) is 32.1 Å². The molecule has 0 fully saturated rings. The van der Waals surface area contributed by atoms with Crippen LogP contribution in [0.2, 0.25) is 0 Å². The molecular formula is C16H21F3O. The Morgan fingerprint density at radius 2 is 1.75 bits per heavy atom. The number of benzene rings is 1. The quantitative estimate of drug-likeness (QED) is 0.604. The molecule has 0 aliphatic rings. The summed E-state index contributed by atoms with van der Waals surface area (Å²) in [5.74, 6) is -1.70. The molecule has 112 valence electrons. The van der Waals surface area contributed by atoms with Crippen molar-refractivity contribution >= 4 is 5.78 Å². The highest BCUT2D eigenvalue weighted by Gasteiger charge is 2.40. The van der Waals surface area contributed by atoms with Gasteiger partial charge in [0.1, 0.15) is 0 Å². The van der Waals surface area contributed by atoms with Gasteiger partial charge in [0.2, 0.25) is 0 Å². The molecule has 0 spiro atoms. The molecule has 0 radical (unpaired) electrons. The van der Waals surface area contributed by atoms with Gasteiger partial charge in [-0.15, -0.1) is 0 Å². The Morgan fingerprint density at radius 1 is 1.10 bits per heavy atom. The van der Waals surface area contributed by atoms with Gasteiger partial charge in [0.25, 0.3) is 5.78 Å². The van der Waals surface area contributed by atoms with Crippen LogP contribution < -0.4 is 0 Å². The molecule has 1 nitrogen and oxygen atoms in total. The first-order chi connectivity index (χ1) is 9.41. The Bertz CT molecular complexity index is 438. The Hall–Kier alpha value is -1.32. The van der Waals surface area contributed by atoms with Crippen molar-refractivity contribution in [1.29, 1.82) is 0 Å². The first-order valence-electron chi connectivity index (χ1n) is 7.12. The predicted molar refractivity (Wildman–Crippen MR) is 74.0 cm³/mol. The highest BCUT2D eigenvalue weighted by Crippen LogP contribution is 2.32. The SMILES string of the molecule is CCCCC(CCC)c1ccccc1C(=O)C(F)(F)F. The molecular weight excluding hydrogens is 265 g/mol. The molecule has 0 bridgehead atoms. The minimum Gasteiger partial charge on any atom is -0.284 e. The molecule has 20 heavy (non-hydrogen) atoms. The van der Waals surface area contributed by atoms with Crippen LogP contribution in [0.4, 0.5) is 13.2 Å². The molecule has 4 heteroatoms. The molecule has 0 heterocycles. The maximum absolute atomic E-state index is 12.7. The van der Waals surface area contributed by atoms with Gasteiger partial charge in [0, 0.05) is 5.56 Å². The van der Waals surface area contributed by atoms with E-state index in [4.69, 9.17) is 0 Å². The first kappa shape index (κ1) is 16.7. The van der Waals surface area contributed by atoms with Crippen LogP contribution in [0.25, 0.3) is 0 Å². The Balaban J connectivity index is 3.12. The summed E-state index contributed by atoms with van der Waals surface area (Å²) in [6.07, 6.45) is -0.329. The predicted octanol–water partition coefficient (Wildman–Crippen LogP) is 5.51. The molecule has 0 aromatic heterocycles. The standard InChI is InChI=1S/C16H21F3O/c1-3-5-9-12(8-4-2)13-10-6-7-11-14(13)15(20)16(17,18)19/h6-7,10-12H,3-5,8-9H2,1-2H3. The van der Waals surface area contributed by atoms with E-state index >= 15 is 0 Å². The molecule has 0 N–H and O–H groups in total. The van der Waals surface area contributed by atoms with Crippen LogP contribution in [0.5, 0.6) is 0 Å². The van der Waals surface area contributed by atoms with E-state index < -0.39 is 12.0 Å². The summed E-state index contributed by atoms with van der Waals surface area (Å²) in [6, 6.07) is 6.15. The third kappa shape index (κ3) is 4.36. The van der Waals surface area contributed by atoms with Crippen LogP contribution in [-0.2, 0) is 0 Å². The number of carbonyl (C=O) groups is 1. The summed E-state index contributed by atoms with van der Waals surface area (Å²) in [5.41, 5.74) is 0.361. The number of unbranched alkanes of at least 4 members (excludes halogenated alkanes) is 1. The summed E-state index contributed by atoms with van der Waals surface area (Å²) in [5, 5.41) is 0. The third-order valence-corrected chi connectivity index (χ3v) is 3.45. The number of rotatable bonds is 7. The number of ketones is 1. The van der Waals surface area contributed by atoms with Crippen molar-refractivity contribution in [1.82, 2.24) is 0 Å². The number of Topliss-reactive ketones (excluding diaryl/α,β-unsaturated/α-hetero) is 1. The fraction of sp³-hybridized carbons (Fsp3) is 0.562. The molecule has 1 atom stereocenters. The number of carbonyl (C=O) groups excluding carboxylic acids is 1. The van der Waals surface area contributed by atoms with E-state index in [9.17, 15) is 18.0 Å². The Kier molecular flexibility index (Phi) is 6.24. The largest absolute Gasteiger partial charge is 0.454 e. The molecule has 1 aromatic rings. The van der Waals surface area contributed by atoms with Gasteiger partial charge in [-0.25, -0.2) is 0 Å². The van der Waals surface area contributed by atoms with Crippen molar-refractivity contribution in [2.45, 2.75) is 58.0 Å². The summed E-state index contributed by atoms with van der Waals surface area (Å²) in [6.45, 7) is 4.06. The molecule has 0 aliphatic carbocycles. The van der Waals surface area contributed by atoms with Gasteiger partial charge in [-0.05, 0) is 24.3 Å². The van der Waals surface area contributed by atoms with Gasteiger partial charge in [0.05, 0.1) is 0 Å². The molecule has 1 rings (SSSR count). The van der Waals surface area contributed by atoms with Crippen molar-refractivity contribution in [2.24, 2.45) is 0 Å². The van der Waals surface area contributed by atoms with Gasteiger partial charge in [-0.3, -0.25) is 4.79 Å². The monoisotopic (exact) mass is 286 g/mol. The smallest absolute Gasteiger partial charge is 0.284 e. The lowest BCUT2D eigenvalue weighted by Crippen LogP contribution is -2.24. The van der Waals surface area contributed by atoms with Crippen molar-refractivity contribution in [2.75, 3.05) is 0 Å². The molecule has 1 unspecified atom stereocenters. The second-order valence-corrected chi connectivity index (χ2v) is 5.04. The van der Waals surface area contributed by atoms with Crippen molar-refractivity contribution in [3.8, 4) is 0 Å². The highest BCUT2D eigenvalue weighted by molar-refractivity contribution is 6.01. The van der Waals surface area contributed by atoms with Crippen LogP contribution in [0.3, 0.4) is 0 Å². The number of hydrogen-bond donors (Lipinski definition) is 0. The average Bonchev–Trinajstić information content (AvgIpc) is 2.41. The molecule has 1 aromatic carbocycles. The van der Waals surface area contributed by atoms with Gasteiger partial charge >= 0.3 is 6.18 Å². The van der Waals surface area contributed by atoms with Crippen LogP contribution in [0.15, 0.2) is 24.3 Å². The minimum absolute atomic E-state index is 0.0300. The number of hydrogen-bond acceptors (Lipinski definition) is 1. The molecule has 0 aliphatic heterocycles. The lowest BCUT2D eigenvalue weighted by atomic mass is 9.85. The highest BCUT2D eigenvalue weighted by atomic mass is 19.4. The number of alkyl halides is 3. The van der Waals surface area contributed by atoms with E-state index in [1.165, 1.54) is 12.1 Å². The van der Waals surface area contributed by atoms with E-state index in [1.807, 2.05) is 6.92 Å². The fourth-order valence-corrected chi connectivity index (χ4v) is 2.47. The van der Waals surface area contributed by atoms with Crippen molar-refractivity contribution in [3.63, 3.8) is 0 Å². The van der Waals surface area contributed by atoms with Gasteiger partial charge in [-0.1, -0.05) is 57.4 Å². The molecule has 0 amide bonds. The zero-order valence-corrected chi connectivity index (χ0v) is 12.0. The van der Waals surface area contributed by atoms with Crippen LogP contribution in [-0.4, -0.2) is 12.0 Å². The van der Waals surface area contributed by atoms with E-state index in [0.29, 0.717) is 5.56 Å². The van der Waals surface area contributed by atoms with Crippen LogP contribution >= 0.6 is 0 Å². The topological polar surface area (TPSA) is 17.1 Å². The van der Waals surface area contributed by atoms with Gasteiger partial charge < -0.3 is 0 Å². The van der Waals surface area contributed by atoms with Crippen molar-refractivity contribution < 1.29 is 18.0 Å². The fourth-order valence-electron chi connectivity index (χ4n) is 2.47. The normalized spacial score (nSPS) is 13.2. The average molecular weight is 286 g/mol. The summed E-state index contributed by atoms with van der Waals surface area (Å²) in [7, 11) is 0. The van der Waals surface area contributed by atoms with Gasteiger partial charge in [0.15, 0.2) is 0 Å². The minimum atomic E-state index is -4.81. The maximum atomic E-state index is 12.7. The Labute approximate surface area is 118 Å². The van der Waals surface area contributed by atoms with Crippen LogP contribution in [0, 0.1) is 0 Å². The second-order valence-electron chi connectivity index (χ2n) is 5.04. The van der Waals surface area contributed by atoms with Crippen molar-refractivity contribution in [3.05, 3.63) is 35.4 Å². The first-order valence-corrected chi connectivity index (χ1v) is 7.12. The van der Waals surface area contributed by atoms with E-state index in [-0.39, 0.29) is 11.5 Å². The van der Waals surface area contributed by atoms with Crippen LogP contribution in [0.1, 0.15) is 67.8 Å².